The molecule has 0 spiro atoms. The van der Waals surface area contributed by atoms with Crippen LogP contribution >= 0.6 is 11.8 Å². The van der Waals surface area contributed by atoms with Gasteiger partial charge < -0.3 is 4.90 Å². The van der Waals surface area contributed by atoms with Crippen LogP contribution < -0.4 is 0 Å². The topological polar surface area (TPSA) is 49.7 Å². The molecular formula is C12H10F2N2O2S2. The van der Waals surface area contributed by atoms with E-state index in [0.717, 1.165) is 17.0 Å². The van der Waals surface area contributed by atoms with Gasteiger partial charge in [-0.1, -0.05) is 11.8 Å². The molecular weight excluding hydrogens is 306 g/mol. The maximum atomic E-state index is 13.4. The summed E-state index contributed by atoms with van der Waals surface area (Å²) >= 11 is 1.22. The van der Waals surface area contributed by atoms with E-state index in [-0.39, 0.29) is 12.3 Å². The van der Waals surface area contributed by atoms with Crippen LogP contribution in [-0.2, 0) is 10.0 Å². The lowest BCUT2D eigenvalue weighted by atomic mass is 10.1. The van der Waals surface area contributed by atoms with Crippen molar-refractivity contribution in [3.63, 3.8) is 0 Å². The lowest BCUT2D eigenvalue weighted by Crippen LogP contribution is -2.34. The van der Waals surface area contributed by atoms with Gasteiger partial charge in [-0.15, -0.1) is 4.40 Å². The van der Waals surface area contributed by atoms with Gasteiger partial charge in [-0.2, -0.15) is 0 Å². The van der Waals surface area contributed by atoms with Gasteiger partial charge in [0.2, 0.25) is 0 Å². The number of allylic oxidation sites excluding steroid dienone is 1. The molecule has 8 heteroatoms. The minimum absolute atomic E-state index is 0.0858. The summed E-state index contributed by atoms with van der Waals surface area (Å²) in [5.41, 5.74) is 1.20. The van der Waals surface area contributed by atoms with E-state index in [4.69, 9.17) is 0 Å². The van der Waals surface area contributed by atoms with E-state index in [1.165, 1.54) is 17.8 Å². The van der Waals surface area contributed by atoms with Crippen molar-refractivity contribution in [3.05, 3.63) is 40.3 Å². The minimum atomic E-state index is -3.42. The Morgan fingerprint density at radius 1 is 1.30 bits per heavy atom. The predicted molar refractivity (Wildman–Crippen MR) is 74.5 cm³/mol. The van der Waals surface area contributed by atoms with Crippen molar-refractivity contribution >= 4 is 32.6 Å². The first-order chi connectivity index (χ1) is 9.37. The summed E-state index contributed by atoms with van der Waals surface area (Å²) in [5, 5.41) is 0.369. The third-order valence-electron chi connectivity index (χ3n) is 3.06. The van der Waals surface area contributed by atoms with Gasteiger partial charge in [-0.25, -0.2) is 17.2 Å². The summed E-state index contributed by atoms with van der Waals surface area (Å²) < 4.78 is 53.0. The summed E-state index contributed by atoms with van der Waals surface area (Å²) in [5.74, 6) is -1.92. The Morgan fingerprint density at radius 3 is 2.75 bits per heavy atom. The van der Waals surface area contributed by atoms with Crippen molar-refractivity contribution < 1.29 is 17.2 Å². The molecule has 0 aromatic heterocycles. The highest BCUT2D eigenvalue weighted by atomic mass is 32.2. The van der Waals surface area contributed by atoms with Crippen LogP contribution in [0, 0.1) is 11.6 Å². The SMILES string of the molecule is CC1=C(c2ccc(F)c(F)c2)N2CCS(=O)(=O)N=C2S1. The fraction of sp³-hybridized carbons (Fsp3) is 0.250. The number of rotatable bonds is 1. The summed E-state index contributed by atoms with van der Waals surface area (Å²) in [4.78, 5) is 2.54. The maximum Gasteiger partial charge on any atom is 0.257 e. The molecule has 0 N–H and O–H groups in total. The summed E-state index contributed by atoms with van der Waals surface area (Å²) in [6, 6.07) is 3.65. The molecule has 4 nitrogen and oxygen atoms in total. The van der Waals surface area contributed by atoms with Crippen molar-refractivity contribution in [1.82, 2.24) is 4.90 Å². The molecule has 0 fully saturated rings. The molecule has 0 atom stereocenters. The van der Waals surface area contributed by atoms with Crippen molar-refractivity contribution in [1.29, 1.82) is 0 Å². The zero-order valence-corrected chi connectivity index (χ0v) is 12.1. The first-order valence-corrected chi connectivity index (χ1v) is 8.24. The average molecular weight is 316 g/mol. The first kappa shape index (κ1) is 13.6. The summed E-state index contributed by atoms with van der Waals surface area (Å²) in [7, 11) is -3.42. The Balaban J connectivity index is 2.06. The van der Waals surface area contributed by atoms with E-state index in [0.29, 0.717) is 16.4 Å². The van der Waals surface area contributed by atoms with Gasteiger partial charge in [0.05, 0.1) is 11.4 Å². The lowest BCUT2D eigenvalue weighted by Gasteiger charge is -2.25. The first-order valence-electron chi connectivity index (χ1n) is 5.82. The lowest BCUT2D eigenvalue weighted by molar-refractivity contribution is 0.507. The molecule has 3 rings (SSSR count). The molecule has 0 saturated carbocycles. The van der Waals surface area contributed by atoms with E-state index in [2.05, 4.69) is 4.40 Å². The van der Waals surface area contributed by atoms with Crippen molar-refractivity contribution in [3.8, 4) is 0 Å². The number of sulfonamides is 1. The Hall–Kier alpha value is -1.41. The quantitative estimate of drug-likeness (QED) is 0.798. The number of fused-ring (bicyclic) bond motifs is 1. The fourth-order valence-electron chi connectivity index (χ4n) is 2.18. The number of amidine groups is 1. The average Bonchev–Trinajstić information content (AvgIpc) is 2.66. The standard InChI is InChI=1S/C12H10F2N2O2S2/c1-7-11(8-2-3-9(13)10(14)6-8)16-4-5-20(17,18)15-12(16)19-7/h2-3,6H,4-5H2,1H3. The Kier molecular flexibility index (Phi) is 3.09. The molecule has 20 heavy (non-hydrogen) atoms. The van der Waals surface area contributed by atoms with E-state index < -0.39 is 21.7 Å². The summed E-state index contributed by atoms with van der Waals surface area (Å²) in [6.07, 6.45) is 0. The Morgan fingerprint density at radius 2 is 2.05 bits per heavy atom. The van der Waals surface area contributed by atoms with Gasteiger partial charge in [-0.3, -0.25) is 0 Å². The van der Waals surface area contributed by atoms with Crippen LogP contribution in [0.25, 0.3) is 5.70 Å². The van der Waals surface area contributed by atoms with E-state index >= 15 is 0 Å². The Bertz CT molecular complexity index is 757. The molecule has 0 amide bonds. The molecule has 0 bridgehead atoms. The van der Waals surface area contributed by atoms with Crippen LogP contribution in [0.5, 0.6) is 0 Å². The largest absolute Gasteiger partial charge is 0.318 e. The van der Waals surface area contributed by atoms with Crippen LogP contribution in [0.1, 0.15) is 12.5 Å². The molecule has 2 aliphatic rings. The van der Waals surface area contributed by atoms with Crippen molar-refractivity contribution in [2.75, 3.05) is 12.3 Å². The van der Waals surface area contributed by atoms with Crippen molar-refractivity contribution in [2.24, 2.45) is 4.40 Å². The second-order valence-corrected chi connectivity index (χ2v) is 7.38. The molecule has 1 aromatic rings. The number of hydrogen-bond donors (Lipinski definition) is 0. The monoisotopic (exact) mass is 316 g/mol. The third-order valence-corrected chi connectivity index (χ3v) is 5.32. The zero-order valence-electron chi connectivity index (χ0n) is 10.4. The highest BCUT2D eigenvalue weighted by Gasteiger charge is 2.34. The molecule has 0 aliphatic carbocycles. The molecule has 2 heterocycles. The van der Waals surface area contributed by atoms with Crippen molar-refractivity contribution in [2.45, 2.75) is 6.92 Å². The van der Waals surface area contributed by atoms with Crippen LogP contribution in [-0.4, -0.2) is 30.8 Å². The van der Waals surface area contributed by atoms with E-state index in [1.54, 1.807) is 11.8 Å². The van der Waals surface area contributed by atoms with Gasteiger partial charge in [0.25, 0.3) is 10.0 Å². The molecule has 0 radical (unpaired) electrons. The number of halogens is 2. The minimum Gasteiger partial charge on any atom is -0.318 e. The zero-order chi connectivity index (χ0) is 14.5. The number of nitrogens with zero attached hydrogens (tertiary/aromatic N) is 2. The highest BCUT2D eigenvalue weighted by molar-refractivity contribution is 8.18. The molecule has 0 saturated heterocycles. The van der Waals surface area contributed by atoms with Gasteiger partial charge in [0, 0.05) is 17.0 Å². The normalized spacial score (nSPS) is 20.9. The highest BCUT2D eigenvalue weighted by Crippen LogP contribution is 2.41. The maximum absolute atomic E-state index is 13.4. The molecule has 0 unspecified atom stereocenters. The van der Waals surface area contributed by atoms with E-state index in [1.807, 2.05) is 0 Å². The molecule has 106 valence electrons. The van der Waals surface area contributed by atoms with Gasteiger partial charge in [-0.05, 0) is 25.1 Å². The van der Waals surface area contributed by atoms with Gasteiger partial charge >= 0.3 is 0 Å². The Labute approximate surface area is 119 Å². The fourth-order valence-corrected chi connectivity index (χ4v) is 4.40. The van der Waals surface area contributed by atoms with Gasteiger partial charge in [0.15, 0.2) is 16.8 Å². The second-order valence-electron chi connectivity index (χ2n) is 4.45. The van der Waals surface area contributed by atoms with Crippen LogP contribution in [0.15, 0.2) is 27.5 Å². The number of thioether (sulfide) groups is 1. The van der Waals surface area contributed by atoms with Crippen LogP contribution in [0.4, 0.5) is 8.78 Å². The van der Waals surface area contributed by atoms with E-state index in [9.17, 15) is 17.2 Å². The molecule has 1 aromatic carbocycles. The third kappa shape index (κ3) is 2.22. The molecule has 2 aliphatic heterocycles. The number of benzene rings is 1. The number of hydrogen-bond acceptors (Lipinski definition) is 4. The second kappa shape index (κ2) is 4.56. The predicted octanol–water partition coefficient (Wildman–Crippen LogP) is 2.40. The van der Waals surface area contributed by atoms with Gasteiger partial charge in [0.1, 0.15) is 0 Å². The summed E-state index contributed by atoms with van der Waals surface area (Å²) in [6.45, 7) is 2.06. The smallest absolute Gasteiger partial charge is 0.257 e. The van der Waals surface area contributed by atoms with Crippen LogP contribution in [0.3, 0.4) is 0 Å². The van der Waals surface area contributed by atoms with Crippen LogP contribution in [0.2, 0.25) is 0 Å².